The molecule has 1 unspecified atom stereocenters. The van der Waals surface area contributed by atoms with E-state index in [1.165, 1.54) is 0 Å². The summed E-state index contributed by atoms with van der Waals surface area (Å²) in [5.74, 6) is 0.380. The van der Waals surface area contributed by atoms with Crippen LogP contribution in [0.4, 0.5) is 13.2 Å². The van der Waals surface area contributed by atoms with Gasteiger partial charge in [0.15, 0.2) is 12.3 Å². The molecule has 9 heteroatoms. The van der Waals surface area contributed by atoms with Crippen molar-refractivity contribution in [2.45, 2.75) is 25.1 Å². The minimum absolute atomic E-state index is 0.114. The molecule has 0 saturated carbocycles. The monoisotopic (exact) mass is 381 g/mol. The minimum Gasteiger partial charge on any atom is -0.484 e. The minimum atomic E-state index is -4.57. The summed E-state index contributed by atoms with van der Waals surface area (Å²) in [6, 6.07) is 9.39. The fourth-order valence-electron chi connectivity index (χ4n) is 2.72. The maximum Gasteiger partial charge on any atom is 0.433 e. The first-order valence-electron chi connectivity index (χ1n) is 8.44. The Morgan fingerprint density at radius 1 is 1.22 bits per heavy atom. The molecule has 0 spiro atoms. The van der Waals surface area contributed by atoms with Gasteiger partial charge in [-0.25, -0.2) is 4.98 Å². The molecule has 1 aliphatic heterocycles. The number of likely N-dealkylation sites (tertiary alicyclic amines) is 1. The van der Waals surface area contributed by atoms with Crippen LogP contribution in [0.1, 0.15) is 18.5 Å². The smallest absolute Gasteiger partial charge is 0.433 e. The van der Waals surface area contributed by atoms with E-state index in [0.29, 0.717) is 25.1 Å². The van der Waals surface area contributed by atoms with Gasteiger partial charge in [-0.2, -0.15) is 18.2 Å². The van der Waals surface area contributed by atoms with Crippen molar-refractivity contribution in [2.24, 2.45) is 0 Å². The summed E-state index contributed by atoms with van der Waals surface area (Å²) in [7, 11) is 0. The van der Waals surface area contributed by atoms with Crippen LogP contribution >= 0.6 is 0 Å². The SMILES string of the molecule is O=C(COc1ccccc1)N1CCCC(Oc2nccc(C(F)(F)F)n2)C1. The second-order valence-electron chi connectivity index (χ2n) is 6.05. The lowest BCUT2D eigenvalue weighted by atomic mass is 10.1. The number of carbonyl (C=O) groups is 1. The summed E-state index contributed by atoms with van der Waals surface area (Å²) in [5.41, 5.74) is -1.06. The fraction of sp³-hybridized carbons (Fsp3) is 0.389. The number of ether oxygens (including phenoxy) is 2. The Morgan fingerprint density at radius 3 is 2.74 bits per heavy atom. The number of carbonyl (C=O) groups excluding carboxylic acids is 1. The molecule has 0 aliphatic carbocycles. The van der Waals surface area contributed by atoms with Crippen LogP contribution in [0.2, 0.25) is 0 Å². The number of nitrogens with zero attached hydrogens (tertiary/aromatic N) is 3. The molecular weight excluding hydrogens is 363 g/mol. The standard InChI is InChI=1S/C18H18F3N3O3/c19-18(20,21)15-8-9-22-17(23-15)27-14-7-4-10-24(11-14)16(25)12-26-13-5-2-1-3-6-13/h1-3,5-6,8-9,14H,4,7,10-12H2. The predicted octanol–water partition coefficient (Wildman–Crippen LogP) is 2.94. The largest absolute Gasteiger partial charge is 0.484 e. The highest BCUT2D eigenvalue weighted by Crippen LogP contribution is 2.28. The van der Waals surface area contributed by atoms with Crippen LogP contribution in [0.5, 0.6) is 11.8 Å². The highest BCUT2D eigenvalue weighted by atomic mass is 19.4. The topological polar surface area (TPSA) is 64.5 Å². The third kappa shape index (κ3) is 5.32. The van der Waals surface area contributed by atoms with Gasteiger partial charge in [0.25, 0.3) is 5.91 Å². The number of benzene rings is 1. The molecule has 1 amide bonds. The highest BCUT2D eigenvalue weighted by Gasteiger charge is 2.33. The van der Waals surface area contributed by atoms with Gasteiger partial charge in [-0.15, -0.1) is 0 Å². The summed E-state index contributed by atoms with van der Waals surface area (Å²) in [6.07, 6.45) is -2.76. The number of alkyl halides is 3. The van der Waals surface area contributed by atoms with Crippen LogP contribution in [0, 0.1) is 0 Å². The van der Waals surface area contributed by atoms with Crippen LogP contribution in [0.3, 0.4) is 0 Å². The molecule has 2 aromatic rings. The average molecular weight is 381 g/mol. The van der Waals surface area contributed by atoms with Gasteiger partial charge in [-0.1, -0.05) is 18.2 Å². The fourth-order valence-corrected chi connectivity index (χ4v) is 2.72. The Morgan fingerprint density at radius 2 is 2.00 bits per heavy atom. The molecule has 0 N–H and O–H groups in total. The summed E-state index contributed by atoms with van der Waals surface area (Å²) < 4.78 is 49.1. The van der Waals surface area contributed by atoms with E-state index < -0.39 is 18.0 Å². The van der Waals surface area contributed by atoms with Crippen LogP contribution in [0.15, 0.2) is 42.6 Å². The highest BCUT2D eigenvalue weighted by molar-refractivity contribution is 5.77. The number of amides is 1. The van der Waals surface area contributed by atoms with Crippen LogP contribution in [-0.4, -0.2) is 46.6 Å². The van der Waals surface area contributed by atoms with Gasteiger partial charge in [0.05, 0.1) is 6.54 Å². The summed E-state index contributed by atoms with van der Waals surface area (Å²) in [4.78, 5) is 21.0. The van der Waals surface area contributed by atoms with E-state index in [0.717, 1.165) is 12.3 Å². The Labute approximate surface area is 153 Å². The van der Waals surface area contributed by atoms with Crippen molar-refractivity contribution in [1.82, 2.24) is 14.9 Å². The van der Waals surface area contributed by atoms with Gasteiger partial charge in [-0.3, -0.25) is 4.79 Å². The molecule has 0 radical (unpaired) electrons. The number of aromatic nitrogens is 2. The Hall–Kier alpha value is -2.84. The number of halogens is 3. The van der Waals surface area contributed by atoms with Gasteiger partial charge >= 0.3 is 12.2 Å². The molecule has 1 saturated heterocycles. The quantitative estimate of drug-likeness (QED) is 0.797. The van der Waals surface area contributed by atoms with Gasteiger partial charge in [0.1, 0.15) is 11.9 Å². The number of hydrogen-bond donors (Lipinski definition) is 0. The number of rotatable bonds is 5. The second-order valence-corrected chi connectivity index (χ2v) is 6.05. The van der Waals surface area contributed by atoms with Crippen LogP contribution in [0.25, 0.3) is 0 Å². The third-order valence-electron chi connectivity index (χ3n) is 4.03. The number of piperidine rings is 1. The molecule has 3 rings (SSSR count). The van der Waals surface area contributed by atoms with Crippen molar-refractivity contribution in [3.63, 3.8) is 0 Å². The molecule has 0 bridgehead atoms. The van der Waals surface area contributed by atoms with Crippen LogP contribution in [-0.2, 0) is 11.0 Å². The molecule has 1 aliphatic rings. The van der Waals surface area contributed by atoms with Gasteiger partial charge in [-0.05, 0) is 31.0 Å². The lowest BCUT2D eigenvalue weighted by Crippen LogP contribution is -2.46. The molecule has 1 aromatic carbocycles. The van der Waals surface area contributed by atoms with Crippen molar-refractivity contribution in [3.05, 3.63) is 48.3 Å². The average Bonchev–Trinajstić information content (AvgIpc) is 2.67. The van der Waals surface area contributed by atoms with E-state index in [1.807, 2.05) is 6.07 Å². The van der Waals surface area contributed by atoms with Gasteiger partial charge in [0, 0.05) is 12.7 Å². The molecule has 1 fully saturated rings. The Balaban J connectivity index is 1.55. The van der Waals surface area contributed by atoms with E-state index in [4.69, 9.17) is 9.47 Å². The summed E-state index contributed by atoms with van der Waals surface area (Å²) >= 11 is 0. The van der Waals surface area contributed by atoms with Crippen LogP contribution < -0.4 is 9.47 Å². The van der Waals surface area contributed by atoms with Crippen molar-refractivity contribution in [2.75, 3.05) is 19.7 Å². The predicted molar refractivity (Wildman–Crippen MR) is 89.2 cm³/mol. The van der Waals surface area contributed by atoms with E-state index in [9.17, 15) is 18.0 Å². The molecule has 1 aromatic heterocycles. The van der Waals surface area contributed by atoms with E-state index in [2.05, 4.69) is 9.97 Å². The second kappa shape index (κ2) is 8.24. The molecule has 2 heterocycles. The maximum absolute atomic E-state index is 12.7. The maximum atomic E-state index is 12.7. The lowest BCUT2D eigenvalue weighted by molar-refractivity contribution is -0.141. The van der Waals surface area contributed by atoms with Gasteiger partial charge in [0.2, 0.25) is 0 Å². The zero-order valence-corrected chi connectivity index (χ0v) is 14.4. The van der Waals surface area contributed by atoms with Crippen molar-refractivity contribution >= 4 is 5.91 Å². The Bertz CT molecular complexity index is 771. The normalized spacial score (nSPS) is 17.4. The zero-order chi connectivity index (χ0) is 19.3. The Kier molecular flexibility index (Phi) is 5.78. The lowest BCUT2D eigenvalue weighted by Gasteiger charge is -2.32. The van der Waals surface area contributed by atoms with Gasteiger partial charge < -0.3 is 14.4 Å². The summed E-state index contributed by atoms with van der Waals surface area (Å²) in [6.45, 7) is 0.674. The van der Waals surface area contributed by atoms with Crippen molar-refractivity contribution in [3.8, 4) is 11.8 Å². The first-order chi connectivity index (χ1) is 12.9. The molecule has 27 heavy (non-hydrogen) atoms. The number of para-hydroxylation sites is 1. The third-order valence-corrected chi connectivity index (χ3v) is 4.03. The zero-order valence-electron chi connectivity index (χ0n) is 14.4. The molecule has 144 valence electrons. The van der Waals surface area contributed by atoms with Crippen molar-refractivity contribution in [1.29, 1.82) is 0 Å². The van der Waals surface area contributed by atoms with E-state index in [1.54, 1.807) is 29.2 Å². The first-order valence-corrected chi connectivity index (χ1v) is 8.44. The van der Waals surface area contributed by atoms with E-state index >= 15 is 0 Å². The molecule has 1 atom stereocenters. The molecule has 6 nitrogen and oxygen atoms in total. The summed E-state index contributed by atoms with van der Waals surface area (Å²) in [5, 5.41) is 0. The number of hydrogen-bond acceptors (Lipinski definition) is 5. The molecular formula is C18H18F3N3O3. The van der Waals surface area contributed by atoms with E-state index in [-0.39, 0.29) is 25.1 Å². The first kappa shape index (κ1) is 18.9. The van der Waals surface area contributed by atoms with Crippen molar-refractivity contribution < 1.29 is 27.4 Å².